The zero-order valence-corrected chi connectivity index (χ0v) is 112. The molecule has 0 aromatic heterocycles. The molecular weight excluding hydrogens is 3180 g/mol. The van der Waals surface area contributed by atoms with Gasteiger partial charge in [0.25, 0.3) is 0 Å². The Morgan fingerprint density at radius 3 is 0.754 bits per heavy atom. The predicted molar refractivity (Wildman–Crippen MR) is 170 cm³/mol. The molecule has 0 amide bonds. The molecule has 26 heteroatoms. The first-order valence-corrected chi connectivity index (χ1v) is 13.7. The Kier molecular flexibility index (Phi) is 163. The van der Waals surface area contributed by atoms with Gasteiger partial charge >= 0.3 is 0 Å². The van der Waals surface area contributed by atoms with Crippen LogP contribution in [0.1, 0.15) is 16.7 Å². The summed E-state index contributed by atoms with van der Waals surface area (Å²) in [4.78, 5) is 4.35. The summed E-state index contributed by atoms with van der Waals surface area (Å²) in [5.41, 5.74) is 11.8. The van der Waals surface area contributed by atoms with Crippen LogP contribution < -0.4 is 9.80 Å². The molecule has 6 rings (SSSR count). The Morgan fingerprint density at radius 1 is 0.292 bits per heavy atom. The first-order chi connectivity index (χ1) is 20.0. The van der Waals surface area contributed by atoms with Crippen molar-refractivity contribution in [3.8, 4) is 11.1 Å². The van der Waals surface area contributed by atoms with Crippen molar-refractivity contribution in [2.75, 3.05) is 9.80 Å². The Balaban J connectivity index is -0.0000000519. The second-order valence-corrected chi connectivity index (χ2v) is 10.2. The first-order valence-electron chi connectivity index (χ1n) is 13.7. The first kappa shape index (κ1) is 135. The molecule has 0 unspecified atom stereocenters. The molecule has 0 saturated heterocycles. The summed E-state index contributed by atoms with van der Waals surface area (Å²) >= 11 is 0. The van der Waals surface area contributed by atoms with Crippen LogP contribution in [0.2, 0.25) is 0 Å². The van der Waals surface area contributed by atoms with E-state index in [4.69, 9.17) is 0 Å². The maximum absolute atomic E-state index is 3.40. The minimum absolute atomic E-state index is 0. The summed E-state index contributed by atoms with van der Waals surface area (Å²) in [5.74, 6) is 0. The van der Waals surface area contributed by atoms with Crippen LogP contribution in [0.4, 0.5) is 34.1 Å². The number of aryl methyl sites for hydroxylation is 3. The van der Waals surface area contributed by atoms with E-state index in [-0.39, 0.29) is 695 Å². The van der Waals surface area contributed by atoms with Gasteiger partial charge in [0.1, 0.15) is 0 Å². The summed E-state index contributed by atoms with van der Waals surface area (Å²) in [6.07, 6.45) is 0. The number of rotatable bonds is 7. The van der Waals surface area contributed by atoms with Gasteiger partial charge in [-0.15, -0.1) is 26.0 Å². The number of nitrogens with zero attached hydrogens (tertiary/aromatic N) is 2. The molecule has 278 valence electrons. The standard InChI is InChI=1S/C39H29N2.2Re.2Rf.20Y/c1-29-9-19-35(20-10-29)40(34-7-5-4-6-8-34)38-25-15-32(16-26-38)33-17-27-39(28-18-33)41(36-21-11-30(2)12-22-36)37-23-13-31(3)14-24-37;;;;;;;;;;;;;;;;;;;;;;;;/h5-18,21-22,25-28H,1-3H3;;;;;;;;;;;;;;;;;;;;;;;;/q-5;;;;;;;;;;;;;;;;;;;;;;;;. The third-order valence-corrected chi connectivity index (χ3v) is 7.03. The van der Waals surface area contributed by atoms with Gasteiger partial charge in [-0.2, -0.15) is 23.9 Å². The average Bonchev–Trinajstić information content (AvgIpc) is 3.02. The molecular formula is C39H29N2Re2Rf2Y20-5. The molecule has 0 aliphatic carbocycles. The molecule has 0 atom stereocenters. The van der Waals surface area contributed by atoms with Crippen molar-refractivity contribution < 1.29 is 695 Å². The van der Waals surface area contributed by atoms with Crippen molar-refractivity contribution in [3.63, 3.8) is 0 Å². The molecule has 6 aromatic carbocycles. The summed E-state index contributed by atoms with van der Waals surface area (Å²) in [5, 5.41) is 0. The van der Waals surface area contributed by atoms with Gasteiger partial charge in [0.05, 0.1) is 0 Å². The Labute approximate surface area is 911 Å². The Hall–Kier alpha value is 16.3. The predicted octanol–water partition coefficient (Wildman–Crippen LogP) is 10.2. The fourth-order valence-electron chi connectivity index (χ4n) is 4.80. The molecule has 6 aromatic rings. The number of benzene rings is 6. The van der Waals surface area contributed by atoms with E-state index in [1.54, 1.807) is 0 Å². The zero-order chi connectivity index (χ0) is 28.2. The topological polar surface area (TPSA) is 6.48 Å². The third kappa shape index (κ3) is 47.1. The average molecular weight is 3210 g/mol. The van der Waals surface area contributed by atoms with E-state index < -0.39 is 0 Å². The smallest absolute Gasteiger partial charge is 0.0420 e. The summed E-state index contributed by atoms with van der Waals surface area (Å²) in [6, 6.07) is 58.5. The molecule has 0 saturated carbocycles. The van der Waals surface area contributed by atoms with E-state index in [0.717, 1.165) is 56.4 Å². The minimum atomic E-state index is 0. The fraction of sp³-hybridized carbons (Fsp3) is 0.0769. The van der Waals surface area contributed by atoms with Gasteiger partial charge in [0.15, 0.2) is 0 Å². The van der Waals surface area contributed by atoms with Crippen LogP contribution in [-0.2, 0) is 695 Å². The van der Waals surface area contributed by atoms with E-state index in [2.05, 4.69) is 146 Å². The van der Waals surface area contributed by atoms with E-state index in [0.29, 0.717) is 0 Å². The van der Waals surface area contributed by atoms with E-state index in [9.17, 15) is 0 Å². The minimum Gasteiger partial charge on any atom is -0.382 e. The summed E-state index contributed by atoms with van der Waals surface area (Å²) in [6.45, 7) is 6.21. The normalized spacial score (nSPS) is 6.82. The van der Waals surface area contributed by atoms with Gasteiger partial charge in [-0.05, 0) is 54.4 Å². The molecule has 0 heterocycles. The molecule has 0 bridgehead atoms. The van der Waals surface area contributed by atoms with E-state index in [1.165, 1.54) is 5.56 Å². The number of hydrogen-bond acceptors (Lipinski definition) is 2. The fourth-order valence-corrected chi connectivity index (χ4v) is 4.80. The van der Waals surface area contributed by atoms with Crippen LogP contribution in [0.5, 0.6) is 0 Å². The van der Waals surface area contributed by atoms with Gasteiger partial charge < -0.3 is 34.1 Å². The van der Waals surface area contributed by atoms with Gasteiger partial charge in [0, 0.05) is 712 Å². The number of hydrogen-bond donors (Lipinski definition) is 0. The van der Waals surface area contributed by atoms with Gasteiger partial charge in [-0.25, -0.2) is 5.69 Å². The van der Waals surface area contributed by atoms with Crippen molar-refractivity contribution in [2.24, 2.45) is 0 Å². The van der Waals surface area contributed by atoms with Crippen LogP contribution in [0, 0.1) is 51.1 Å². The maximum Gasteiger partial charge on any atom is 0.0420 e. The number of anilines is 6. The van der Waals surface area contributed by atoms with Crippen molar-refractivity contribution in [1.29, 1.82) is 0 Å². The monoisotopic (exact) mass is 3210 g/mol. The van der Waals surface area contributed by atoms with Crippen LogP contribution in [0.3, 0.4) is 0 Å². The molecule has 0 aliphatic heterocycles. The summed E-state index contributed by atoms with van der Waals surface area (Å²) in [7, 11) is 0. The second-order valence-electron chi connectivity index (χ2n) is 10.2. The Morgan fingerprint density at radius 2 is 0.508 bits per heavy atom. The Bertz CT molecular complexity index is 1740. The molecule has 65 heavy (non-hydrogen) atoms. The maximum atomic E-state index is 3.40. The van der Waals surface area contributed by atoms with Crippen molar-refractivity contribution in [2.45, 2.75) is 20.8 Å². The van der Waals surface area contributed by atoms with Crippen LogP contribution in [0.25, 0.3) is 11.1 Å². The molecule has 2 nitrogen and oxygen atoms in total. The van der Waals surface area contributed by atoms with E-state index >= 15 is 0 Å². The van der Waals surface area contributed by atoms with Gasteiger partial charge in [0.2, 0.25) is 0 Å². The zero-order valence-electron chi connectivity index (χ0n) is 37.2. The van der Waals surface area contributed by atoms with Crippen LogP contribution >= 0.6 is 0 Å². The SMILES string of the molecule is Cc1c[c-]c(N(c2cc[c-]cc2)c2ccc(-c3ccc(N(c4[c-]cc(C)c[c-]4)c4ccc(C)cc4)cc3)cc2)[c-]c1.[Re].[Re].[Rf].[Rf].[Y].[Y].[Y].[Y].[Y].[Y].[Y].[Y].[Y].[Y].[Y].[Y].[Y].[Y].[Y].[Y].[Y].[Y].[Y].[Y]. The van der Waals surface area contributed by atoms with E-state index in [1.807, 2.05) is 36.4 Å². The molecule has 0 spiro atoms. The van der Waals surface area contributed by atoms with Crippen LogP contribution in [0.15, 0.2) is 121 Å². The molecule has 0 fully saturated rings. The van der Waals surface area contributed by atoms with Crippen molar-refractivity contribution in [3.05, 3.63) is 168 Å². The van der Waals surface area contributed by atoms with Gasteiger partial charge in [-0.1, -0.05) is 47.6 Å². The van der Waals surface area contributed by atoms with Crippen LogP contribution in [-0.4, -0.2) is 0 Å². The van der Waals surface area contributed by atoms with Crippen molar-refractivity contribution in [1.82, 2.24) is 0 Å². The molecule has 0 N–H and O–H groups in total. The molecule has 0 aliphatic rings. The third-order valence-electron chi connectivity index (χ3n) is 7.03. The molecule has 22 radical (unpaired) electrons. The largest absolute Gasteiger partial charge is 0.382 e. The summed E-state index contributed by atoms with van der Waals surface area (Å²) < 4.78 is 0. The van der Waals surface area contributed by atoms with Crippen molar-refractivity contribution >= 4 is 34.1 Å². The second kappa shape index (κ2) is 78.3. The van der Waals surface area contributed by atoms with Gasteiger partial charge in [-0.3, -0.25) is 35.4 Å². The quantitative estimate of drug-likeness (QED) is 0.147.